The van der Waals surface area contributed by atoms with Gasteiger partial charge in [-0.25, -0.2) is 4.98 Å². The lowest BCUT2D eigenvalue weighted by molar-refractivity contribution is -0.167. The Labute approximate surface area is 73.4 Å². The van der Waals surface area contributed by atoms with Crippen molar-refractivity contribution >= 4 is 22.4 Å². The number of hydrogen-bond donors (Lipinski definition) is 1. The highest BCUT2D eigenvalue weighted by Gasteiger charge is 2.39. The smallest absolute Gasteiger partial charge is 0.294 e. The SMILES string of the molecule is O=C(Nc1ncc(F)s1)C(F)(F)F. The molecule has 1 aromatic rings. The van der Waals surface area contributed by atoms with Crippen LogP contribution in [0.3, 0.4) is 0 Å². The molecule has 1 amide bonds. The second-order valence-electron chi connectivity index (χ2n) is 1.92. The summed E-state index contributed by atoms with van der Waals surface area (Å²) < 4.78 is 47.0. The quantitative estimate of drug-likeness (QED) is 0.724. The molecule has 0 radical (unpaired) electrons. The molecular formula is C5H2F4N2OS. The first-order chi connectivity index (χ1) is 5.89. The van der Waals surface area contributed by atoms with Crippen LogP contribution in [0, 0.1) is 5.13 Å². The third kappa shape index (κ3) is 2.65. The Morgan fingerprint density at radius 2 is 2.15 bits per heavy atom. The summed E-state index contributed by atoms with van der Waals surface area (Å²) in [5, 5.41) is 0.223. The van der Waals surface area contributed by atoms with E-state index in [9.17, 15) is 22.4 Å². The molecule has 13 heavy (non-hydrogen) atoms. The minimum atomic E-state index is -4.98. The van der Waals surface area contributed by atoms with E-state index < -0.39 is 22.3 Å². The van der Waals surface area contributed by atoms with Gasteiger partial charge in [0.15, 0.2) is 10.3 Å². The number of halogens is 4. The van der Waals surface area contributed by atoms with Crippen LogP contribution in [0.5, 0.6) is 0 Å². The summed E-state index contributed by atoms with van der Waals surface area (Å²) in [7, 11) is 0. The predicted octanol–water partition coefficient (Wildman–Crippen LogP) is 1.78. The average molecular weight is 214 g/mol. The number of amides is 1. The largest absolute Gasteiger partial charge is 0.471 e. The minimum absolute atomic E-state index is 0.322. The Morgan fingerprint density at radius 1 is 1.54 bits per heavy atom. The van der Waals surface area contributed by atoms with Crippen LogP contribution >= 0.6 is 11.3 Å². The van der Waals surface area contributed by atoms with Crippen LogP contribution in [0.2, 0.25) is 0 Å². The Hall–Kier alpha value is -1.18. The summed E-state index contributed by atoms with van der Waals surface area (Å²) in [4.78, 5) is 13.4. The zero-order valence-corrected chi connectivity index (χ0v) is 6.67. The number of thiazole rings is 1. The fraction of sp³-hybridized carbons (Fsp3) is 0.200. The lowest BCUT2D eigenvalue weighted by Crippen LogP contribution is -2.29. The van der Waals surface area contributed by atoms with E-state index in [4.69, 9.17) is 0 Å². The number of alkyl halides is 3. The van der Waals surface area contributed by atoms with Gasteiger partial charge in [-0.05, 0) is 0 Å². The van der Waals surface area contributed by atoms with Crippen molar-refractivity contribution in [3.8, 4) is 0 Å². The first-order valence-corrected chi connectivity index (χ1v) is 3.71. The molecule has 3 nitrogen and oxygen atoms in total. The van der Waals surface area contributed by atoms with Gasteiger partial charge in [0.25, 0.3) is 0 Å². The Kier molecular flexibility index (Phi) is 2.50. The first kappa shape index (κ1) is 9.90. The predicted molar refractivity (Wildman–Crippen MR) is 36.8 cm³/mol. The van der Waals surface area contributed by atoms with Crippen molar-refractivity contribution in [3.63, 3.8) is 0 Å². The maximum absolute atomic E-state index is 12.2. The van der Waals surface area contributed by atoms with Crippen LogP contribution in [0.15, 0.2) is 6.20 Å². The molecule has 1 rings (SSSR count). The Bertz CT molecular complexity index is 321. The molecule has 0 unspecified atom stereocenters. The Morgan fingerprint density at radius 3 is 2.54 bits per heavy atom. The second kappa shape index (κ2) is 3.29. The van der Waals surface area contributed by atoms with Crippen molar-refractivity contribution < 1.29 is 22.4 Å². The fourth-order valence-electron chi connectivity index (χ4n) is 0.480. The zero-order chi connectivity index (χ0) is 10.1. The summed E-state index contributed by atoms with van der Waals surface area (Å²) in [6.07, 6.45) is -4.27. The summed E-state index contributed by atoms with van der Waals surface area (Å²) in [6.45, 7) is 0. The van der Waals surface area contributed by atoms with Gasteiger partial charge in [0.1, 0.15) is 0 Å². The highest BCUT2D eigenvalue weighted by molar-refractivity contribution is 7.14. The van der Waals surface area contributed by atoms with Crippen molar-refractivity contribution in [1.29, 1.82) is 0 Å². The number of anilines is 1. The van der Waals surface area contributed by atoms with E-state index in [0.717, 1.165) is 6.20 Å². The highest BCUT2D eigenvalue weighted by atomic mass is 32.1. The van der Waals surface area contributed by atoms with Gasteiger partial charge in [0.2, 0.25) is 0 Å². The van der Waals surface area contributed by atoms with Gasteiger partial charge in [0.05, 0.1) is 6.20 Å². The maximum atomic E-state index is 12.2. The highest BCUT2D eigenvalue weighted by Crippen LogP contribution is 2.20. The van der Waals surface area contributed by atoms with E-state index in [1.807, 2.05) is 0 Å². The van der Waals surface area contributed by atoms with Crippen molar-refractivity contribution in [2.45, 2.75) is 6.18 Å². The molecule has 0 aliphatic carbocycles. The second-order valence-corrected chi connectivity index (χ2v) is 2.90. The van der Waals surface area contributed by atoms with E-state index >= 15 is 0 Å². The van der Waals surface area contributed by atoms with Crippen LogP contribution in [-0.2, 0) is 4.79 Å². The van der Waals surface area contributed by atoms with Gasteiger partial charge >= 0.3 is 12.1 Å². The molecule has 0 spiro atoms. The van der Waals surface area contributed by atoms with E-state index in [0.29, 0.717) is 11.3 Å². The molecule has 0 saturated carbocycles. The van der Waals surface area contributed by atoms with Gasteiger partial charge in [-0.3, -0.25) is 10.1 Å². The number of carbonyl (C=O) groups excluding carboxylic acids is 1. The number of carbonyl (C=O) groups is 1. The van der Waals surface area contributed by atoms with Crippen LogP contribution in [0.1, 0.15) is 0 Å². The molecule has 8 heteroatoms. The van der Waals surface area contributed by atoms with Crippen molar-refractivity contribution in [1.82, 2.24) is 4.98 Å². The molecule has 0 fully saturated rings. The molecule has 0 aliphatic heterocycles. The maximum Gasteiger partial charge on any atom is 0.471 e. The first-order valence-electron chi connectivity index (χ1n) is 2.89. The third-order valence-electron chi connectivity index (χ3n) is 0.955. The molecule has 0 atom stereocenters. The molecule has 1 heterocycles. The number of hydrogen-bond acceptors (Lipinski definition) is 3. The average Bonchev–Trinajstić information content (AvgIpc) is 2.33. The number of rotatable bonds is 1. The molecule has 1 N–H and O–H groups in total. The van der Waals surface area contributed by atoms with Gasteiger partial charge in [-0.1, -0.05) is 11.3 Å². The number of aromatic nitrogens is 1. The standard InChI is InChI=1S/C5H2F4N2OS/c6-2-1-10-4(13-2)11-3(12)5(7,8)9/h1H,(H,10,11,12). The van der Waals surface area contributed by atoms with E-state index in [1.165, 1.54) is 5.32 Å². The summed E-state index contributed by atoms with van der Waals surface area (Å²) in [5.74, 6) is -2.16. The van der Waals surface area contributed by atoms with E-state index in [-0.39, 0.29) is 0 Å². The normalized spacial score (nSPS) is 11.4. The van der Waals surface area contributed by atoms with Crippen LogP contribution < -0.4 is 5.32 Å². The number of nitrogens with one attached hydrogen (secondary N) is 1. The topological polar surface area (TPSA) is 42.0 Å². The van der Waals surface area contributed by atoms with Crippen molar-refractivity contribution in [2.75, 3.05) is 5.32 Å². The van der Waals surface area contributed by atoms with Gasteiger partial charge in [0, 0.05) is 0 Å². The molecule has 0 aliphatic rings. The summed E-state index contributed by atoms with van der Waals surface area (Å²) >= 11 is 0.322. The van der Waals surface area contributed by atoms with Gasteiger partial charge < -0.3 is 0 Å². The summed E-state index contributed by atoms with van der Waals surface area (Å²) in [6, 6.07) is 0. The molecule has 0 saturated heterocycles. The van der Waals surface area contributed by atoms with E-state index in [1.54, 1.807) is 0 Å². The zero-order valence-electron chi connectivity index (χ0n) is 5.85. The van der Waals surface area contributed by atoms with Crippen LogP contribution in [0.25, 0.3) is 0 Å². The molecular weight excluding hydrogens is 212 g/mol. The van der Waals surface area contributed by atoms with E-state index in [2.05, 4.69) is 4.98 Å². The molecule has 0 aromatic carbocycles. The lowest BCUT2D eigenvalue weighted by atomic mass is 10.6. The summed E-state index contributed by atoms with van der Waals surface area (Å²) in [5.41, 5.74) is 0. The van der Waals surface area contributed by atoms with Crippen LogP contribution in [0.4, 0.5) is 22.7 Å². The van der Waals surface area contributed by atoms with Crippen molar-refractivity contribution in [3.05, 3.63) is 11.3 Å². The van der Waals surface area contributed by atoms with Crippen molar-refractivity contribution in [2.24, 2.45) is 0 Å². The molecule has 1 aromatic heterocycles. The van der Waals surface area contributed by atoms with Crippen LogP contribution in [-0.4, -0.2) is 17.1 Å². The van der Waals surface area contributed by atoms with Gasteiger partial charge in [-0.2, -0.15) is 17.6 Å². The fourth-order valence-corrected chi connectivity index (χ4v) is 1.02. The molecule has 0 bridgehead atoms. The molecule has 72 valence electrons. The number of nitrogens with zero attached hydrogens (tertiary/aromatic N) is 1. The van der Waals surface area contributed by atoms with Gasteiger partial charge in [-0.15, -0.1) is 0 Å². The minimum Gasteiger partial charge on any atom is -0.294 e. The monoisotopic (exact) mass is 214 g/mol. The lowest BCUT2D eigenvalue weighted by Gasteiger charge is -2.03. The Balaban J connectivity index is 2.65. The third-order valence-corrected chi connectivity index (χ3v) is 1.66.